The molecule has 0 spiro atoms. The molecule has 0 saturated carbocycles. The van der Waals surface area contributed by atoms with Gasteiger partial charge in [-0.2, -0.15) is 0 Å². The Morgan fingerprint density at radius 2 is 1.75 bits per heavy atom. The van der Waals surface area contributed by atoms with Crippen LogP contribution in [0.3, 0.4) is 0 Å². The van der Waals surface area contributed by atoms with Gasteiger partial charge in [0, 0.05) is 24.0 Å². The zero-order valence-electron chi connectivity index (χ0n) is 17.6. The van der Waals surface area contributed by atoms with Gasteiger partial charge in [0.05, 0.1) is 0 Å². The van der Waals surface area contributed by atoms with E-state index < -0.39 is 0 Å². The van der Waals surface area contributed by atoms with Crippen molar-refractivity contribution in [1.82, 2.24) is 0 Å². The number of anilines is 2. The third-order valence-corrected chi connectivity index (χ3v) is 4.06. The van der Waals surface area contributed by atoms with E-state index in [4.69, 9.17) is 4.74 Å². The van der Waals surface area contributed by atoms with Crippen molar-refractivity contribution in [3.8, 4) is 0 Å². The first-order chi connectivity index (χ1) is 13.4. The van der Waals surface area contributed by atoms with Crippen LogP contribution in [0.2, 0.25) is 0 Å². The summed E-state index contributed by atoms with van der Waals surface area (Å²) in [6.07, 6.45) is 10.9. The van der Waals surface area contributed by atoms with Crippen molar-refractivity contribution in [3.05, 3.63) is 83.9 Å². The van der Waals surface area contributed by atoms with Crippen LogP contribution in [0.4, 0.5) is 11.4 Å². The Kier molecular flexibility index (Phi) is 10.2. The summed E-state index contributed by atoms with van der Waals surface area (Å²) in [4.78, 5) is 12.6. The number of ether oxygens (including phenoxy) is 1. The normalized spacial score (nSPS) is 13.2. The summed E-state index contributed by atoms with van der Waals surface area (Å²) in [6.45, 7) is 11.9. The topological polar surface area (TPSA) is 50.4 Å². The van der Waals surface area contributed by atoms with Gasteiger partial charge in [0.2, 0.25) is 0 Å². The van der Waals surface area contributed by atoms with Gasteiger partial charge in [0.1, 0.15) is 11.5 Å². The van der Waals surface area contributed by atoms with Crippen LogP contribution < -0.4 is 10.6 Å². The van der Waals surface area contributed by atoms with E-state index in [0.29, 0.717) is 11.3 Å². The molecule has 0 atom stereocenters. The SMILES string of the molecule is C=C/C(=C\C(=C/CC)O/C(C)=C/C=C(/C)CC)C(=O)Nc1ccc(NC)cc1. The highest BCUT2D eigenvalue weighted by molar-refractivity contribution is 6.06. The van der Waals surface area contributed by atoms with Crippen LogP contribution >= 0.6 is 0 Å². The lowest BCUT2D eigenvalue weighted by molar-refractivity contribution is -0.112. The molecule has 4 nitrogen and oxygen atoms in total. The second kappa shape index (κ2) is 12.4. The van der Waals surface area contributed by atoms with Gasteiger partial charge >= 0.3 is 0 Å². The fourth-order valence-electron chi connectivity index (χ4n) is 2.22. The zero-order valence-corrected chi connectivity index (χ0v) is 17.6. The average molecular weight is 381 g/mol. The Morgan fingerprint density at radius 3 is 2.29 bits per heavy atom. The largest absolute Gasteiger partial charge is 0.462 e. The van der Waals surface area contributed by atoms with Crippen LogP contribution in [0.25, 0.3) is 0 Å². The third-order valence-electron chi connectivity index (χ3n) is 4.06. The molecule has 150 valence electrons. The summed E-state index contributed by atoms with van der Waals surface area (Å²) in [6, 6.07) is 7.49. The zero-order chi connectivity index (χ0) is 20.9. The molecule has 28 heavy (non-hydrogen) atoms. The van der Waals surface area contributed by atoms with Gasteiger partial charge in [-0.05, 0) is 69.2 Å². The minimum absolute atomic E-state index is 0.235. The highest BCUT2D eigenvalue weighted by Crippen LogP contribution is 2.16. The fourth-order valence-corrected chi connectivity index (χ4v) is 2.22. The summed E-state index contributed by atoms with van der Waals surface area (Å²) < 4.78 is 5.91. The molecule has 1 aromatic rings. The molecule has 0 unspecified atom stereocenters. The summed E-state index contributed by atoms with van der Waals surface area (Å²) in [5.41, 5.74) is 3.41. The van der Waals surface area contributed by atoms with Gasteiger partial charge in [-0.15, -0.1) is 0 Å². The molecule has 0 aliphatic carbocycles. The number of hydrogen-bond acceptors (Lipinski definition) is 3. The van der Waals surface area contributed by atoms with Crippen molar-refractivity contribution < 1.29 is 9.53 Å². The van der Waals surface area contributed by atoms with Crippen molar-refractivity contribution in [2.45, 2.75) is 40.5 Å². The first-order valence-corrected chi connectivity index (χ1v) is 9.58. The Bertz CT molecular complexity index is 781. The Hall–Kier alpha value is -3.01. The fraction of sp³-hybridized carbons (Fsp3) is 0.292. The molecule has 1 amide bonds. The van der Waals surface area contributed by atoms with Crippen LogP contribution in [-0.4, -0.2) is 13.0 Å². The van der Waals surface area contributed by atoms with E-state index >= 15 is 0 Å². The van der Waals surface area contributed by atoms with E-state index in [-0.39, 0.29) is 5.91 Å². The van der Waals surface area contributed by atoms with Crippen LogP contribution in [0.5, 0.6) is 0 Å². The number of nitrogens with one attached hydrogen (secondary N) is 2. The molecule has 0 aliphatic heterocycles. The monoisotopic (exact) mass is 380 g/mol. The summed E-state index contributed by atoms with van der Waals surface area (Å²) in [7, 11) is 1.85. The highest BCUT2D eigenvalue weighted by atomic mass is 16.5. The van der Waals surface area contributed by atoms with Crippen LogP contribution in [-0.2, 0) is 9.53 Å². The standard InChI is InChI=1S/C24H32N2O2/c1-7-10-23(28-19(5)12-11-18(4)8-2)17-20(9-3)24(27)26-22-15-13-21(25-6)14-16-22/h9-17,25H,3,7-8H2,1-2,4-6H3,(H,26,27)/b18-11-,19-12+,20-17+,23-10+. The Labute approximate surface area is 169 Å². The van der Waals surface area contributed by atoms with E-state index in [2.05, 4.69) is 31.1 Å². The molecule has 0 aliphatic rings. The average Bonchev–Trinajstić information content (AvgIpc) is 2.70. The quantitative estimate of drug-likeness (QED) is 0.282. The number of carbonyl (C=O) groups excluding carboxylic acids is 1. The molecule has 0 aromatic heterocycles. The van der Waals surface area contributed by atoms with Crippen molar-refractivity contribution in [3.63, 3.8) is 0 Å². The van der Waals surface area contributed by atoms with Gasteiger partial charge in [0.15, 0.2) is 0 Å². The summed E-state index contributed by atoms with van der Waals surface area (Å²) >= 11 is 0. The minimum Gasteiger partial charge on any atom is -0.462 e. The van der Waals surface area contributed by atoms with Crippen LogP contribution in [0.15, 0.2) is 83.9 Å². The second-order valence-electron chi connectivity index (χ2n) is 6.35. The van der Waals surface area contributed by atoms with E-state index in [1.807, 2.05) is 63.4 Å². The first kappa shape index (κ1) is 23.0. The maximum Gasteiger partial charge on any atom is 0.255 e. The molecule has 0 bridgehead atoms. The predicted molar refractivity (Wildman–Crippen MR) is 120 cm³/mol. The Morgan fingerprint density at radius 1 is 1.11 bits per heavy atom. The van der Waals surface area contributed by atoms with Gasteiger partial charge in [-0.3, -0.25) is 4.79 Å². The van der Waals surface area contributed by atoms with Crippen molar-refractivity contribution >= 4 is 17.3 Å². The molecule has 0 saturated heterocycles. The van der Waals surface area contributed by atoms with E-state index in [0.717, 1.165) is 30.0 Å². The second-order valence-corrected chi connectivity index (χ2v) is 6.35. The van der Waals surface area contributed by atoms with E-state index in [1.165, 1.54) is 11.6 Å². The lowest BCUT2D eigenvalue weighted by Gasteiger charge is -2.10. The number of hydrogen-bond donors (Lipinski definition) is 2. The molecule has 0 radical (unpaired) electrons. The summed E-state index contributed by atoms with van der Waals surface area (Å²) in [5.74, 6) is 1.14. The van der Waals surface area contributed by atoms with Crippen molar-refractivity contribution in [2.75, 3.05) is 17.7 Å². The highest BCUT2D eigenvalue weighted by Gasteiger charge is 2.08. The van der Waals surface area contributed by atoms with Gasteiger partial charge in [-0.1, -0.05) is 38.2 Å². The van der Waals surface area contributed by atoms with E-state index in [1.54, 1.807) is 6.08 Å². The smallest absolute Gasteiger partial charge is 0.255 e. The van der Waals surface area contributed by atoms with Gasteiger partial charge < -0.3 is 15.4 Å². The Balaban J connectivity index is 2.95. The number of allylic oxidation sites excluding steroid dienone is 6. The van der Waals surface area contributed by atoms with Crippen LogP contribution in [0, 0.1) is 0 Å². The molecule has 1 aromatic carbocycles. The molecule has 0 heterocycles. The first-order valence-electron chi connectivity index (χ1n) is 9.58. The minimum atomic E-state index is -0.235. The third kappa shape index (κ3) is 8.12. The molecule has 2 N–H and O–H groups in total. The van der Waals surface area contributed by atoms with Gasteiger partial charge in [-0.25, -0.2) is 0 Å². The molecular formula is C24H32N2O2. The van der Waals surface area contributed by atoms with Crippen molar-refractivity contribution in [2.24, 2.45) is 0 Å². The molecule has 4 heteroatoms. The number of carbonyl (C=O) groups is 1. The predicted octanol–water partition coefficient (Wildman–Crippen LogP) is 6.35. The number of benzene rings is 1. The maximum absolute atomic E-state index is 12.6. The maximum atomic E-state index is 12.6. The lowest BCUT2D eigenvalue weighted by atomic mass is 10.2. The number of amides is 1. The lowest BCUT2D eigenvalue weighted by Crippen LogP contribution is -2.13. The van der Waals surface area contributed by atoms with E-state index in [9.17, 15) is 4.79 Å². The molecular weight excluding hydrogens is 348 g/mol. The van der Waals surface area contributed by atoms with Gasteiger partial charge in [0.25, 0.3) is 5.91 Å². The summed E-state index contributed by atoms with van der Waals surface area (Å²) in [5, 5.41) is 5.93. The van der Waals surface area contributed by atoms with Crippen molar-refractivity contribution in [1.29, 1.82) is 0 Å². The van der Waals surface area contributed by atoms with Crippen LogP contribution in [0.1, 0.15) is 40.5 Å². The molecule has 1 rings (SSSR count). The molecule has 0 fully saturated rings. The number of rotatable bonds is 10.